The Morgan fingerprint density at radius 3 is 1.62 bits per heavy atom. The first-order valence-electron chi connectivity index (χ1n) is 4.43. The number of hydrogen-bond donors (Lipinski definition) is 0. The van der Waals surface area contributed by atoms with Crippen LogP contribution in [0, 0.1) is 0 Å². The number of hydrogen-bond acceptors (Lipinski definition) is 3. The van der Waals surface area contributed by atoms with Crippen molar-refractivity contribution < 1.29 is 17.6 Å². The standard InChI is InChI=1S/C10H14N2O.2ClH.Fe/c1-7(11-3)9-5-6-10(13-9)8(2)12-4;;;/h5-6H,1-4H3;2*1H;/q;;;+2/p-2. The van der Waals surface area contributed by atoms with Gasteiger partial charge in [0.05, 0.1) is 11.4 Å². The molecule has 0 atom stereocenters. The second kappa shape index (κ2) is 8.82. The molecule has 3 nitrogen and oxygen atoms in total. The predicted octanol–water partition coefficient (Wildman–Crippen LogP) is 3.53. The molecule has 0 N–H and O–H groups in total. The van der Waals surface area contributed by atoms with Crippen molar-refractivity contribution in [3.8, 4) is 0 Å². The fourth-order valence-electron chi connectivity index (χ4n) is 0.947. The van der Waals surface area contributed by atoms with Crippen LogP contribution >= 0.6 is 20.2 Å². The minimum absolute atomic E-state index is 0.194. The van der Waals surface area contributed by atoms with Gasteiger partial charge in [0, 0.05) is 14.1 Å². The summed E-state index contributed by atoms with van der Waals surface area (Å²) in [5, 5.41) is 0. The SMILES string of the molecule is CN=C(C)c1ccc(C(C)=NC)o1.[Cl][Fe][Cl]. The zero-order chi connectivity index (χ0) is 12.6. The Kier molecular flexibility index (Phi) is 8.67. The molecule has 0 spiro atoms. The molecule has 0 unspecified atom stereocenters. The van der Waals surface area contributed by atoms with Gasteiger partial charge >= 0.3 is 33.3 Å². The fraction of sp³-hybridized carbons (Fsp3) is 0.400. The molecule has 0 saturated carbocycles. The van der Waals surface area contributed by atoms with Crippen LogP contribution in [0.1, 0.15) is 25.4 Å². The van der Waals surface area contributed by atoms with Crippen molar-refractivity contribution in [2.75, 3.05) is 14.1 Å². The molecular formula is C10H14Cl2FeN2O. The van der Waals surface area contributed by atoms with E-state index in [0.29, 0.717) is 0 Å². The molecule has 16 heavy (non-hydrogen) atoms. The average molecular weight is 305 g/mol. The molecule has 0 fully saturated rings. The number of halogens is 2. The van der Waals surface area contributed by atoms with E-state index < -0.39 is 0 Å². The van der Waals surface area contributed by atoms with Gasteiger partial charge in [-0.1, -0.05) is 0 Å². The molecule has 6 heteroatoms. The van der Waals surface area contributed by atoms with Gasteiger partial charge < -0.3 is 4.42 Å². The molecule has 0 aromatic carbocycles. The van der Waals surface area contributed by atoms with Crippen LogP contribution in [0.25, 0.3) is 0 Å². The molecule has 1 aromatic rings. The number of aliphatic imine (C=N–C) groups is 2. The number of furan rings is 1. The van der Waals surface area contributed by atoms with E-state index in [0.717, 1.165) is 22.9 Å². The molecule has 0 saturated heterocycles. The summed E-state index contributed by atoms with van der Waals surface area (Å²) in [4.78, 5) is 8.08. The van der Waals surface area contributed by atoms with E-state index in [1.54, 1.807) is 14.1 Å². The summed E-state index contributed by atoms with van der Waals surface area (Å²) in [7, 11) is 13.0. The molecule has 0 amide bonds. The van der Waals surface area contributed by atoms with Gasteiger partial charge in [-0.05, 0) is 26.0 Å². The number of rotatable bonds is 2. The van der Waals surface area contributed by atoms with E-state index in [4.69, 9.17) is 24.6 Å². The maximum absolute atomic E-state index is 5.53. The van der Waals surface area contributed by atoms with Gasteiger partial charge in [-0.2, -0.15) is 0 Å². The van der Waals surface area contributed by atoms with Crippen LogP contribution in [0.2, 0.25) is 0 Å². The first-order valence-corrected chi connectivity index (χ1v) is 7.47. The van der Waals surface area contributed by atoms with E-state index in [9.17, 15) is 0 Å². The molecule has 1 aromatic heterocycles. The Morgan fingerprint density at radius 1 is 1.06 bits per heavy atom. The second-order valence-corrected chi connectivity index (χ2v) is 4.66. The van der Waals surface area contributed by atoms with Gasteiger partial charge in [0.2, 0.25) is 0 Å². The van der Waals surface area contributed by atoms with Crippen molar-refractivity contribution in [2.45, 2.75) is 13.8 Å². The Hall–Kier alpha value is -0.281. The van der Waals surface area contributed by atoms with Crippen LogP contribution in [0.3, 0.4) is 0 Å². The van der Waals surface area contributed by atoms with Crippen LogP contribution < -0.4 is 0 Å². The zero-order valence-electron chi connectivity index (χ0n) is 9.57. The van der Waals surface area contributed by atoms with Crippen molar-refractivity contribution >= 4 is 31.6 Å². The summed E-state index contributed by atoms with van der Waals surface area (Å²) in [6, 6.07) is 3.82. The Bertz CT molecular complexity index is 342. The van der Waals surface area contributed by atoms with E-state index >= 15 is 0 Å². The van der Waals surface area contributed by atoms with Crippen LogP contribution in [0.15, 0.2) is 26.5 Å². The van der Waals surface area contributed by atoms with E-state index in [2.05, 4.69) is 9.98 Å². The van der Waals surface area contributed by atoms with Gasteiger partial charge in [0.15, 0.2) is 0 Å². The van der Waals surface area contributed by atoms with E-state index in [1.807, 2.05) is 26.0 Å². The average Bonchev–Trinajstić information content (AvgIpc) is 2.77. The van der Waals surface area contributed by atoms with Gasteiger partial charge in [-0.15, -0.1) is 0 Å². The summed E-state index contributed by atoms with van der Waals surface area (Å²) in [6.45, 7) is 3.84. The molecule has 92 valence electrons. The molecule has 0 aliphatic rings. The Labute approximate surface area is 111 Å². The summed E-state index contributed by atoms with van der Waals surface area (Å²) in [5.41, 5.74) is 1.80. The van der Waals surface area contributed by atoms with Gasteiger partial charge in [0.1, 0.15) is 11.5 Å². The molecule has 1 heterocycles. The topological polar surface area (TPSA) is 37.9 Å². The molecular weight excluding hydrogens is 291 g/mol. The van der Waals surface area contributed by atoms with Crippen molar-refractivity contribution in [3.05, 3.63) is 23.7 Å². The van der Waals surface area contributed by atoms with Gasteiger partial charge in [-0.3, -0.25) is 9.98 Å². The number of nitrogens with zero attached hydrogens (tertiary/aromatic N) is 2. The third-order valence-corrected chi connectivity index (χ3v) is 1.99. The van der Waals surface area contributed by atoms with Crippen molar-refractivity contribution in [1.29, 1.82) is 0 Å². The third-order valence-electron chi connectivity index (χ3n) is 1.99. The van der Waals surface area contributed by atoms with Crippen LogP contribution in [-0.2, 0) is 13.1 Å². The Balaban J connectivity index is 0.000000673. The monoisotopic (exact) mass is 304 g/mol. The van der Waals surface area contributed by atoms with Crippen LogP contribution in [0.4, 0.5) is 0 Å². The van der Waals surface area contributed by atoms with Gasteiger partial charge in [0.25, 0.3) is 0 Å². The molecule has 0 bridgehead atoms. The summed E-state index contributed by atoms with van der Waals surface area (Å²) >= 11 is 0.194. The van der Waals surface area contributed by atoms with E-state index in [-0.39, 0.29) is 13.1 Å². The van der Waals surface area contributed by atoms with Crippen LogP contribution in [-0.4, -0.2) is 25.5 Å². The molecule has 1 rings (SSSR count). The summed E-state index contributed by atoms with van der Waals surface area (Å²) in [6.07, 6.45) is 0. The predicted molar refractivity (Wildman–Crippen MR) is 66.7 cm³/mol. The second-order valence-electron chi connectivity index (χ2n) is 2.83. The van der Waals surface area contributed by atoms with Gasteiger partial charge in [-0.25, -0.2) is 0 Å². The minimum atomic E-state index is 0.194. The van der Waals surface area contributed by atoms with Crippen molar-refractivity contribution in [3.63, 3.8) is 0 Å². The normalized spacial score (nSPS) is 12.4. The quantitative estimate of drug-likeness (QED) is 0.608. The van der Waals surface area contributed by atoms with Crippen LogP contribution in [0.5, 0.6) is 0 Å². The molecule has 0 radical (unpaired) electrons. The summed E-state index contributed by atoms with van der Waals surface area (Å²) in [5.74, 6) is 1.61. The Morgan fingerprint density at radius 2 is 1.38 bits per heavy atom. The third kappa shape index (κ3) is 5.17. The molecule has 0 aliphatic heterocycles. The fourth-order valence-corrected chi connectivity index (χ4v) is 0.947. The first-order chi connectivity index (χ1) is 7.60. The van der Waals surface area contributed by atoms with Crippen molar-refractivity contribution in [1.82, 2.24) is 0 Å². The first kappa shape index (κ1) is 15.7. The zero-order valence-corrected chi connectivity index (χ0v) is 12.2. The maximum atomic E-state index is 5.53. The molecule has 0 aliphatic carbocycles. The van der Waals surface area contributed by atoms with Crippen molar-refractivity contribution in [2.24, 2.45) is 9.98 Å². The van der Waals surface area contributed by atoms with E-state index in [1.165, 1.54) is 0 Å². The summed E-state index contributed by atoms with van der Waals surface area (Å²) < 4.78 is 5.53.